The number of rotatable bonds is 3. The van der Waals surface area contributed by atoms with Gasteiger partial charge in [0.25, 0.3) is 0 Å². The van der Waals surface area contributed by atoms with E-state index >= 15 is 0 Å². The summed E-state index contributed by atoms with van der Waals surface area (Å²) in [4.78, 5) is 0. The Kier molecular flexibility index (Phi) is 4.66. The maximum absolute atomic E-state index is 2.48. The number of hydrogen-bond donors (Lipinski definition) is 0. The molecule has 0 aliphatic heterocycles. The van der Waals surface area contributed by atoms with Crippen LogP contribution in [0.25, 0.3) is 17.2 Å². The first kappa shape index (κ1) is 18.0. The van der Waals surface area contributed by atoms with Crippen molar-refractivity contribution in [2.24, 2.45) is 5.92 Å². The van der Waals surface area contributed by atoms with Crippen LogP contribution in [0.15, 0.2) is 35.9 Å². The van der Waals surface area contributed by atoms with Crippen molar-refractivity contribution in [2.45, 2.75) is 66.7 Å². The standard InChI is InChI=1S/C25H32/c1-16(2)10-19-14-20-8-9-23(25(5,6)7)24(22(20)15-19)21-12-17(3)11-18(4)13-21/h8-9,11-13,15-16H,10,14H2,1-7H3. The zero-order valence-electron chi connectivity index (χ0n) is 17.0. The lowest BCUT2D eigenvalue weighted by molar-refractivity contribution is 0.591. The van der Waals surface area contributed by atoms with Crippen molar-refractivity contribution in [3.63, 3.8) is 0 Å². The van der Waals surface area contributed by atoms with Crippen LogP contribution in [0.1, 0.15) is 68.9 Å². The molecule has 0 heterocycles. The van der Waals surface area contributed by atoms with E-state index in [1.54, 1.807) is 5.57 Å². The van der Waals surface area contributed by atoms with Gasteiger partial charge in [-0.1, -0.05) is 87.7 Å². The molecule has 0 radical (unpaired) electrons. The quantitative estimate of drug-likeness (QED) is 0.555. The highest BCUT2D eigenvalue weighted by molar-refractivity contribution is 5.84. The summed E-state index contributed by atoms with van der Waals surface area (Å²) in [5.74, 6) is 0.715. The molecule has 0 saturated heterocycles. The third-order valence-electron chi connectivity index (χ3n) is 5.09. The van der Waals surface area contributed by atoms with E-state index in [9.17, 15) is 0 Å². The fraction of sp³-hybridized carbons (Fsp3) is 0.440. The van der Waals surface area contributed by atoms with Crippen LogP contribution in [0.4, 0.5) is 0 Å². The first-order chi connectivity index (χ1) is 11.6. The van der Waals surface area contributed by atoms with Crippen molar-refractivity contribution in [3.05, 3.63) is 63.7 Å². The molecular formula is C25H32. The second kappa shape index (κ2) is 6.48. The minimum absolute atomic E-state index is 0.136. The summed E-state index contributed by atoms with van der Waals surface area (Å²) in [5.41, 5.74) is 11.7. The summed E-state index contributed by atoms with van der Waals surface area (Å²) in [6.45, 7) is 16.0. The molecule has 0 atom stereocenters. The fourth-order valence-corrected chi connectivity index (χ4v) is 4.19. The summed E-state index contributed by atoms with van der Waals surface area (Å²) in [6, 6.07) is 11.7. The zero-order chi connectivity index (χ0) is 18.4. The number of allylic oxidation sites excluding steroid dienone is 1. The molecule has 1 aliphatic rings. The van der Waals surface area contributed by atoms with E-state index in [0.29, 0.717) is 5.92 Å². The van der Waals surface area contributed by atoms with E-state index in [1.165, 1.54) is 45.4 Å². The van der Waals surface area contributed by atoms with Gasteiger partial charge in [0.2, 0.25) is 0 Å². The second-order valence-electron chi connectivity index (χ2n) is 9.26. The smallest absolute Gasteiger partial charge is 0.00575 e. The van der Waals surface area contributed by atoms with Crippen LogP contribution in [0.3, 0.4) is 0 Å². The molecule has 0 nitrogen and oxygen atoms in total. The van der Waals surface area contributed by atoms with Gasteiger partial charge in [0.15, 0.2) is 0 Å². The highest BCUT2D eigenvalue weighted by atomic mass is 14.3. The minimum atomic E-state index is 0.136. The van der Waals surface area contributed by atoms with Gasteiger partial charge in [0, 0.05) is 0 Å². The number of hydrogen-bond acceptors (Lipinski definition) is 0. The Morgan fingerprint density at radius 1 is 0.960 bits per heavy atom. The third kappa shape index (κ3) is 3.73. The summed E-state index contributed by atoms with van der Waals surface area (Å²) in [5, 5.41) is 0. The molecule has 0 amide bonds. The lowest BCUT2D eigenvalue weighted by atomic mass is 9.79. The second-order valence-corrected chi connectivity index (χ2v) is 9.26. The van der Waals surface area contributed by atoms with E-state index in [2.05, 4.69) is 84.9 Å². The zero-order valence-corrected chi connectivity index (χ0v) is 17.0. The molecule has 0 spiro atoms. The average molecular weight is 333 g/mol. The van der Waals surface area contributed by atoms with Crippen molar-refractivity contribution in [1.82, 2.24) is 0 Å². The summed E-state index contributed by atoms with van der Waals surface area (Å²) in [6.07, 6.45) is 4.80. The van der Waals surface area contributed by atoms with Gasteiger partial charge >= 0.3 is 0 Å². The minimum Gasteiger partial charge on any atom is -0.0649 e. The maximum atomic E-state index is 2.48. The van der Waals surface area contributed by atoms with Gasteiger partial charge in [0.05, 0.1) is 0 Å². The fourth-order valence-electron chi connectivity index (χ4n) is 4.19. The SMILES string of the molecule is Cc1cc(C)cc(-c2c(C(C)(C)C)ccc3c2C=C(CC(C)C)C3)c1. The normalized spacial score (nSPS) is 14.0. The number of aryl methyl sites for hydroxylation is 2. The van der Waals surface area contributed by atoms with E-state index in [1.807, 2.05) is 0 Å². The Labute approximate surface area is 154 Å². The topological polar surface area (TPSA) is 0 Å². The molecule has 25 heavy (non-hydrogen) atoms. The molecule has 2 aromatic rings. The lowest BCUT2D eigenvalue weighted by Crippen LogP contribution is -2.14. The highest BCUT2D eigenvalue weighted by Crippen LogP contribution is 2.42. The van der Waals surface area contributed by atoms with Crippen molar-refractivity contribution in [1.29, 1.82) is 0 Å². The molecule has 0 fully saturated rings. The van der Waals surface area contributed by atoms with Gasteiger partial charge in [-0.15, -0.1) is 0 Å². The molecule has 2 aromatic carbocycles. The first-order valence-corrected chi connectivity index (χ1v) is 9.59. The Morgan fingerprint density at radius 3 is 2.16 bits per heavy atom. The third-order valence-corrected chi connectivity index (χ3v) is 5.09. The van der Waals surface area contributed by atoms with Crippen LogP contribution >= 0.6 is 0 Å². The van der Waals surface area contributed by atoms with E-state index < -0.39 is 0 Å². The van der Waals surface area contributed by atoms with Gasteiger partial charge in [-0.05, 0) is 65.8 Å². The summed E-state index contributed by atoms with van der Waals surface area (Å²) in [7, 11) is 0. The van der Waals surface area contributed by atoms with Crippen LogP contribution < -0.4 is 0 Å². The van der Waals surface area contributed by atoms with Crippen molar-refractivity contribution >= 4 is 6.08 Å². The molecule has 0 saturated carbocycles. The van der Waals surface area contributed by atoms with Crippen molar-refractivity contribution in [3.8, 4) is 11.1 Å². The average Bonchev–Trinajstić information content (AvgIpc) is 2.85. The van der Waals surface area contributed by atoms with Crippen LogP contribution in [0.5, 0.6) is 0 Å². The summed E-state index contributed by atoms with van der Waals surface area (Å²) < 4.78 is 0. The molecule has 0 unspecified atom stereocenters. The van der Waals surface area contributed by atoms with E-state index in [0.717, 1.165) is 6.42 Å². The Balaban J connectivity index is 2.25. The van der Waals surface area contributed by atoms with Gasteiger partial charge in [-0.25, -0.2) is 0 Å². The number of fused-ring (bicyclic) bond motifs is 1. The Hall–Kier alpha value is -1.82. The highest BCUT2D eigenvalue weighted by Gasteiger charge is 2.25. The van der Waals surface area contributed by atoms with Gasteiger partial charge in [-0.2, -0.15) is 0 Å². The molecule has 1 aliphatic carbocycles. The summed E-state index contributed by atoms with van der Waals surface area (Å²) >= 11 is 0. The molecule has 0 heteroatoms. The molecule has 3 rings (SSSR count). The molecule has 0 N–H and O–H groups in total. The molecule has 0 aromatic heterocycles. The van der Waals surface area contributed by atoms with Gasteiger partial charge < -0.3 is 0 Å². The van der Waals surface area contributed by atoms with Crippen molar-refractivity contribution < 1.29 is 0 Å². The Morgan fingerprint density at radius 2 is 1.60 bits per heavy atom. The monoisotopic (exact) mass is 332 g/mol. The predicted molar refractivity (Wildman–Crippen MR) is 111 cm³/mol. The van der Waals surface area contributed by atoms with Crippen molar-refractivity contribution in [2.75, 3.05) is 0 Å². The van der Waals surface area contributed by atoms with E-state index in [-0.39, 0.29) is 5.41 Å². The first-order valence-electron chi connectivity index (χ1n) is 9.59. The maximum Gasteiger partial charge on any atom is -0.00575 e. The Bertz CT molecular complexity index is 806. The van der Waals surface area contributed by atoms with Crippen LogP contribution in [0.2, 0.25) is 0 Å². The molecule has 132 valence electrons. The molecule has 0 bridgehead atoms. The predicted octanol–water partition coefficient (Wildman–Crippen LogP) is 7.25. The number of benzene rings is 2. The largest absolute Gasteiger partial charge is 0.0649 e. The van der Waals surface area contributed by atoms with Gasteiger partial charge in [0.1, 0.15) is 0 Å². The van der Waals surface area contributed by atoms with Crippen LogP contribution in [0, 0.1) is 19.8 Å². The lowest BCUT2D eigenvalue weighted by Gasteiger charge is -2.25. The van der Waals surface area contributed by atoms with Crippen LogP contribution in [-0.4, -0.2) is 0 Å². The van der Waals surface area contributed by atoms with Gasteiger partial charge in [-0.3, -0.25) is 0 Å². The molecular weight excluding hydrogens is 300 g/mol. The van der Waals surface area contributed by atoms with E-state index in [4.69, 9.17) is 0 Å². The van der Waals surface area contributed by atoms with Crippen LogP contribution in [-0.2, 0) is 11.8 Å².